The van der Waals surface area contributed by atoms with Gasteiger partial charge in [0.1, 0.15) is 5.82 Å². The van der Waals surface area contributed by atoms with Gasteiger partial charge in [-0.15, -0.1) is 0 Å². The fraction of sp³-hybridized carbons (Fsp3) is 0.417. The number of hydrogen-bond acceptors (Lipinski definition) is 3. The van der Waals surface area contributed by atoms with Gasteiger partial charge in [0.05, 0.1) is 11.1 Å². The van der Waals surface area contributed by atoms with Crippen molar-refractivity contribution >= 4 is 23.2 Å². The standard InChI is InChI=1S/C12H16ClFN2O2/c1-18-6-2-3-11(15)12(17)16-8-4-5-9(13)10(14)7-8/h4-5,7,11H,2-3,6,15H2,1H3,(H,16,17). The van der Waals surface area contributed by atoms with Gasteiger partial charge >= 0.3 is 0 Å². The van der Waals surface area contributed by atoms with E-state index in [1.807, 2.05) is 0 Å². The van der Waals surface area contributed by atoms with Gasteiger partial charge in [-0.1, -0.05) is 11.6 Å². The lowest BCUT2D eigenvalue weighted by molar-refractivity contribution is -0.117. The van der Waals surface area contributed by atoms with Crippen molar-refractivity contribution in [1.29, 1.82) is 0 Å². The molecule has 0 saturated heterocycles. The molecule has 1 aromatic rings. The van der Waals surface area contributed by atoms with Crippen LogP contribution in [0.25, 0.3) is 0 Å². The molecule has 0 heterocycles. The van der Waals surface area contributed by atoms with Crippen LogP contribution in [-0.2, 0) is 9.53 Å². The summed E-state index contributed by atoms with van der Waals surface area (Å²) >= 11 is 5.54. The number of amides is 1. The molecular formula is C12H16ClFN2O2. The summed E-state index contributed by atoms with van der Waals surface area (Å²) in [6.45, 7) is 0.552. The molecule has 0 fully saturated rings. The molecule has 0 aliphatic carbocycles. The molecule has 0 bridgehead atoms. The summed E-state index contributed by atoms with van der Waals surface area (Å²) in [7, 11) is 1.59. The molecule has 1 rings (SSSR count). The molecule has 4 nitrogen and oxygen atoms in total. The van der Waals surface area contributed by atoms with Gasteiger partial charge in [0, 0.05) is 19.4 Å². The maximum Gasteiger partial charge on any atom is 0.241 e. The predicted molar refractivity (Wildman–Crippen MR) is 69.1 cm³/mol. The summed E-state index contributed by atoms with van der Waals surface area (Å²) in [5.74, 6) is -0.935. The molecule has 100 valence electrons. The summed E-state index contributed by atoms with van der Waals surface area (Å²) in [6, 6.07) is 3.41. The minimum Gasteiger partial charge on any atom is -0.385 e. The zero-order valence-electron chi connectivity index (χ0n) is 10.1. The highest BCUT2D eigenvalue weighted by molar-refractivity contribution is 6.30. The Morgan fingerprint density at radius 1 is 1.61 bits per heavy atom. The second-order valence-corrected chi connectivity index (χ2v) is 4.27. The van der Waals surface area contributed by atoms with Gasteiger partial charge in [0.25, 0.3) is 0 Å². The second kappa shape index (κ2) is 7.31. The highest BCUT2D eigenvalue weighted by Gasteiger charge is 2.13. The summed E-state index contributed by atoms with van der Waals surface area (Å²) in [5.41, 5.74) is 6.02. The molecule has 0 saturated carbocycles. The van der Waals surface area contributed by atoms with Crippen LogP contribution in [-0.4, -0.2) is 25.7 Å². The number of nitrogens with two attached hydrogens (primary N) is 1. The molecule has 0 aromatic heterocycles. The number of halogens is 2. The summed E-state index contributed by atoms with van der Waals surface area (Å²) in [5, 5.41) is 2.54. The number of nitrogens with one attached hydrogen (secondary N) is 1. The lowest BCUT2D eigenvalue weighted by Crippen LogP contribution is -2.35. The van der Waals surface area contributed by atoms with E-state index in [4.69, 9.17) is 22.1 Å². The maximum atomic E-state index is 13.1. The van der Waals surface area contributed by atoms with E-state index in [2.05, 4.69) is 5.32 Å². The lowest BCUT2D eigenvalue weighted by atomic mass is 10.1. The molecule has 6 heteroatoms. The van der Waals surface area contributed by atoms with Gasteiger partial charge < -0.3 is 15.8 Å². The van der Waals surface area contributed by atoms with Gasteiger partial charge in [-0.3, -0.25) is 4.79 Å². The van der Waals surface area contributed by atoms with E-state index in [9.17, 15) is 9.18 Å². The summed E-state index contributed by atoms with van der Waals surface area (Å²) < 4.78 is 18.0. The Labute approximate surface area is 110 Å². The summed E-state index contributed by atoms with van der Waals surface area (Å²) in [4.78, 5) is 11.7. The third kappa shape index (κ3) is 4.60. The molecule has 0 aliphatic heterocycles. The van der Waals surface area contributed by atoms with Crippen molar-refractivity contribution in [3.05, 3.63) is 29.0 Å². The molecule has 0 aliphatic rings. The number of hydrogen-bond donors (Lipinski definition) is 2. The van der Waals surface area contributed by atoms with Crippen LogP contribution in [0, 0.1) is 5.82 Å². The highest BCUT2D eigenvalue weighted by atomic mass is 35.5. The van der Waals surface area contributed by atoms with E-state index in [1.165, 1.54) is 12.1 Å². The van der Waals surface area contributed by atoms with E-state index < -0.39 is 11.9 Å². The number of ether oxygens (including phenoxy) is 1. The number of carbonyl (C=O) groups is 1. The second-order valence-electron chi connectivity index (χ2n) is 3.86. The van der Waals surface area contributed by atoms with Crippen LogP contribution in [0.4, 0.5) is 10.1 Å². The van der Waals surface area contributed by atoms with E-state index in [0.717, 1.165) is 6.07 Å². The third-order valence-electron chi connectivity index (χ3n) is 2.39. The molecular weight excluding hydrogens is 259 g/mol. The van der Waals surface area contributed by atoms with Crippen molar-refractivity contribution in [2.75, 3.05) is 19.0 Å². The Bertz CT molecular complexity index is 415. The molecule has 18 heavy (non-hydrogen) atoms. The minimum atomic E-state index is -0.640. The Balaban J connectivity index is 2.50. The molecule has 3 N–H and O–H groups in total. The summed E-state index contributed by atoms with van der Waals surface area (Å²) in [6.07, 6.45) is 1.20. The fourth-order valence-electron chi connectivity index (χ4n) is 1.39. The Hall–Kier alpha value is -1.17. The van der Waals surface area contributed by atoms with Crippen LogP contribution in [0.5, 0.6) is 0 Å². The zero-order valence-corrected chi connectivity index (χ0v) is 10.8. The number of methoxy groups -OCH3 is 1. The molecule has 1 unspecified atom stereocenters. The first kappa shape index (κ1) is 14.9. The topological polar surface area (TPSA) is 64.3 Å². The largest absolute Gasteiger partial charge is 0.385 e. The van der Waals surface area contributed by atoms with Gasteiger partial charge in [-0.25, -0.2) is 4.39 Å². The minimum absolute atomic E-state index is 0.0115. The van der Waals surface area contributed by atoms with E-state index >= 15 is 0 Å². The Morgan fingerprint density at radius 3 is 2.94 bits per heavy atom. The molecule has 1 amide bonds. The van der Waals surface area contributed by atoms with E-state index in [0.29, 0.717) is 25.1 Å². The molecule has 1 atom stereocenters. The van der Waals surface area contributed by atoms with E-state index in [-0.39, 0.29) is 10.9 Å². The van der Waals surface area contributed by atoms with Gasteiger partial charge in [-0.2, -0.15) is 0 Å². The number of anilines is 1. The van der Waals surface area contributed by atoms with Crippen LogP contribution in [0.15, 0.2) is 18.2 Å². The highest BCUT2D eigenvalue weighted by Crippen LogP contribution is 2.18. The van der Waals surface area contributed by atoms with Crippen molar-refractivity contribution in [2.24, 2.45) is 5.73 Å². The average Bonchev–Trinajstić information content (AvgIpc) is 2.34. The predicted octanol–water partition coefficient (Wildman–Crippen LogP) is 2.17. The monoisotopic (exact) mass is 274 g/mol. The number of rotatable bonds is 6. The van der Waals surface area contributed by atoms with Crippen molar-refractivity contribution in [3.63, 3.8) is 0 Å². The van der Waals surface area contributed by atoms with Crippen LogP contribution < -0.4 is 11.1 Å². The maximum absolute atomic E-state index is 13.1. The smallest absolute Gasteiger partial charge is 0.241 e. The van der Waals surface area contributed by atoms with Crippen LogP contribution in [0.2, 0.25) is 5.02 Å². The Kier molecular flexibility index (Phi) is 6.04. The normalized spacial score (nSPS) is 12.2. The SMILES string of the molecule is COCCCC(N)C(=O)Nc1ccc(Cl)c(F)c1. The van der Waals surface area contributed by atoms with Crippen molar-refractivity contribution in [1.82, 2.24) is 0 Å². The first-order chi connectivity index (χ1) is 8.54. The fourth-order valence-corrected chi connectivity index (χ4v) is 1.51. The zero-order chi connectivity index (χ0) is 13.5. The molecule has 0 radical (unpaired) electrons. The quantitative estimate of drug-likeness (QED) is 0.782. The van der Waals surface area contributed by atoms with Crippen molar-refractivity contribution < 1.29 is 13.9 Å². The Morgan fingerprint density at radius 2 is 2.33 bits per heavy atom. The first-order valence-corrected chi connectivity index (χ1v) is 5.93. The van der Waals surface area contributed by atoms with Crippen molar-refractivity contribution in [3.8, 4) is 0 Å². The molecule has 0 spiro atoms. The van der Waals surface area contributed by atoms with Gasteiger partial charge in [0.15, 0.2) is 0 Å². The first-order valence-electron chi connectivity index (χ1n) is 5.55. The van der Waals surface area contributed by atoms with Gasteiger partial charge in [-0.05, 0) is 31.0 Å². The van der Waals surface area contributed by atoms with E-state index in [1.54, 1.807) is 7.11 Å². The van der Waals surface area contributed by atoms with Crippen molar-refractivity contribution in [2.45, 2.75) is 18.9 Å². The van der Waals surface area contributed by atoms with Crippen LogP contribution >= 0.6 is 11.6 Å². The number of carbonyl (C=O) groups excluding carboxylic acids is 1. The van der Waals surface area contributed by atoms with Crippen LogP contribution in [0.1, 0.15) is 12.8 Å². The molecule has 1 aromatic carbocycles. The lowest BCUT2D eigenvalue weighted by Gasteiger charge is -2.12. The third-order valence-corrected chi connectivity index (χ3v) is 2.69. The van der Waals surface area contributed by atoms with Gasteiger partial charge in [0.2, 0.25) is 5.91 Å². The van der Waals surface area contributed by atoms with Crippen LogP contribution in [0.3, 0.4) is 0 Å². The number of benzene rings is 1. The average molecular weight is 275 g/mol.